The Morgan fingerprint density at radius 2 is 2.00 bits per heavy atom. The molecule has 0 aromatic heterocycles. The number of rotatable bonds is 4. The van der Waals surface area contributed by atoms with Crippen molar-refractivity contribution in [2.45, 2.75) is 58.6 Å². The summed E-state index contributed by atoms with van der Waals surface area (Å²) >= 11 is 0. The molecule has 0 heterocycles. The van der Waals surface area contributed by atoms with Crippen LogP contribution in [0.15, 0.2) is 0 Å². The summed E-state index contributed by atoms with van der Waals surface area (Å²) < 4.78 is 5.14. The predicted octanol–water partition coefficient (Wildman–Crippen LogP) is 1.85. The molecule has 0 aliphatic heterocycles. The van der Waals surface area contributed by atoms with E-state index < -0.39 is 0 Å². The van der Waals surface area contributed by atoms with E-state index in [4.69, 9.17) is 10.5 Å². The third kappa shape index (κ3) is 7.78. The minimum atomic E-state index is -0.382. The number of nitrogens with two attached hydrogens (primary N) is 1. The van der Waals surface area contributed by atoms with Gasteiger partial charge in [-0.3, -0.25) is 4.79 Å². The van der Waals surface area contributed by atoms with Gasteiger partial charge in [0.15, 0.2) is 0 Å². The van der Waals surface area contributed by atoms with Gasteiger partial charge in [0.2, 0.25) is 0 Å². The average molecular weight is 187 g/mol. The molecule has 78 valence electrons. The van der Waals surface area contributed by atoms with Crippen molar-refractivity contribution < 1.29 is 9.53 Å². The summed E-state index contributed by atoms with van der Waals surface area (Å²) in [6.07, 6.45) is 2.04. The first-order chi connectivity index (χ1) is 5.85. The summed E-state index contributed by atoms with van der Waals surface area (Å²) in [5.41, 5.74) is 5.30. The van der Waals surface area contributed by atoms with E-state index in [0.717, 1.165) is 6.42 Å². The maximum absolute atomic E-state index is 11.2. The van der Waals surface area contributed by atoms with E-state index in [9.17, 15) is 4.79 Å². The standard InChI is InChI=1S/C10H21NO2/c1-5-8(11)6-7-9(12)13-10(2,3)4/h8H,5-7,11H2,1-4H3/t8-/m1/s1. The lowest BCUT2D eigenvalue weighted by molar-refractivity contribution is -0.155. The van der Waals surface area contributed by atoms with Crippen molar-refractivity contribution in [3.05, 3.63) is 0 Å². The van der Waals surface area contributed by atoms with Gasteiger partial charge in [-0.1, -0.05) is 6.92 Å². The highest BCUT2D eigenvalue weighted by Crippen LogP contribution is 2.10. The van der Waals surface area contributed by atoms with Gasteiger partial charge in [0, 0.05) is 12.5 Å². The molecule has 3 nitrogen and oxygen atoms in total. The first-order valence-corrected chi connectivity index (χ1v) is 4.82. The molecule has 0 spiro atoms. The number of hydrogen-bond acceptors (Lipinski definition) is 3. The number of esters is 1. The highest BCUT2D eigenvalue weighted by Gasteiger charge is 2.16. The van der Waals surface area contributed by atoms with E-state index in [0.29, 0.717) is 12.8 Å². The smallest absolute Gasteiger partial charge is 0.306 e. The van der Waals surface area contributed by atoms with Gasteiger partial charge >= 0.3 is 5.97 Å². The normalized spacial score (nSPS) is 13.9. The van der Waals surface area contributed by atoms with Gasteiger partial charge in [-0.15, -0.1) is 0 Å². The van der Waals surface area contributed by atoms with Crippen LogP contribution in [0.1, 0.15) is 47.0 Å². The summed E-state index contributed by atoms with van der Waals surface area (Å²) in [6.45, 7) is 7.61. The van der Waals surface area contributed by atoms with Crippen LogP contribution in [0.2, 0.25) is 0 Å². The highest BCUT2D eigenvalue weighted by atomic mass is 16.6. The SMILES string of the molecule is CC[C@@H](N)CCC(=O)OC(C)(C)C. The van der Waals surface area contributed by atoms with Crippen molar-refractivity contribution >= 4 is 5.97 Å². The molecule has 0 bridgehead atoms. The lowest BCUT2D eigenvalue weighted by Crippen LogP contribution is -2.26. The molecule has 0 amide bonds. The molecule has 0 aromatic rings. The van der Waals surface area contributed by atoms with Crippen molar-refractivity contribution in [2.75, 3.05) is 0 Å². The van der Waals surface area contributed by atoms with Gasteiger partial charge < -0.3 is 10.5 Å². The van der Waals surface area contributed by atoms with Gasteiger partial charge in [0.05, 0.1) is 0 Å². The first kappa shape index (κ1) is 12.4. The molecular formula is C10H21NO2. The van der Waals surface area contributed by atoms with Crippen LogP contribution < -0.4 is 5.73 Å². The lowest BCUT2D eigenvalue weighted by Gasteiger charge is -2.19. The van der Waals surface area contributed by atoms with Gasteiger partial charge in [-0.2, -0.15) is 0 Å². The van der Waals surface area contributed by atoms with Crippen LogP contribution in [0.5, 0.6) is 0 Å². The van der Waals surface area contributed by atoms with Crippen LogP contribution in [0.25, 0.3) is 0 Å². The van der Waals surface area contributed by atoms with Gasteiger partial charge in [0.25, 0.3) is 0 Å². The Morgan fingerprint density at radius 3 is 2.38 bits per heavy atom. The highest BCUT2D eigenvalue weighted by molar-refractivity contribution is 5.69. The fourth-order valence-electron chi connectivity index (χ4n) is 0.900. The van der Waals surface area contributed by atoms with Gasteiger partial charge in [0.1, 0.15) is 5.60 Å². The molecule has 0 saturated heterocycles. The quantitative estimate of drug-likeness (QED) is 0.683. The van der Waals surface area contributed by atoms with E-state index in [1.165, 1.54) is 0 Å². The lowest BCUT2D eigenvalue weighted by atomic mass is 10.1. The van der Waals surface area contributed by atoms with E-state index in [-0.39, 0.29) is 17.6 Å². The monoisotopic (exact) mass is 187 g/mol. The second kappa shape index (κ2) is 5.22. The topological polar surface area (TPSA) is 52.3 Å². The summed E-state index contributed by atoms with van der Waals surface area (Å²) in [7, 11) is 0. The number of carbonyl (C=O) groups is 1. The molecule has 2 N–H and O–H groups in total. The van der Waals surface area contributed by atoms with Crippen molar-refractivity contribution in [1.29, 1.82) is 0 Å². The minimum absolute atomic E-state index is 0.118. The average Bonchev–Trinajstić information content (AvgIpc) is 1.97. The summed E-state index contributed by atoms with van der Waals surface area (Å²) in [6, 6.07) is 0.118. The Labute approximate surface area is 80.6 Å². The summed E-state index contributed by atoms with van der Waals surface area (Å²) in [5.74, 6) is -0.156. The number of hydrogen-bond donors (Lipinski definition) is 1. The second-order valence-electron chi connectivity index (χ2n) is 4.29. The Morgan fingerprint density at radius 1 is 1.46 bits per heavy atom. The fourth-order valence-corrected chi connectivity index (χ4v) is 0.900. The van der Waals surface area contributed by atoms with Crippen LogP contribution in [0.3, 0.4) is 0 Å². The van der Waals surface area contributed by atoms with Crippen LogP contribution in [-0.4, -0.2) is 17.6 Å². The molecule has 13 heavy (non-hydrogen) atoms. The fraction of sp³-hybridized carbons (Fsp3) is 0.900. The molecule has 0 aromatic carbocycles. The molecule has 1 atom stereocenters. The van der Waals surface area contributed by atoms with Gasteiger partial charge in [-0.25, -0.2) is 0 Å². The van der Waals surface area contributed by atoms with Crippen LogP contribution >= 0.6 is 0 Å². The number of ether oxygens (including phenoxy) is 1. The zero-order chi connectivity index (χ0) is 10.5. The predicted molar refractivity (Wildman–Crippen MR) is 53.3 cm³/mol. The maximum atomic E-state index is 11.2. The van der Waals surface area contributed by atoms with E-state index in [1.54, 1.807) is 0 Å². The zero-order valence-corrected chi connectivity index (χ0v) is 9.09. The Bertz CT molecular complexity index is 161. The molecule has 0 radical (unpaired) electrons. The van der Waals surface area contributed by atoms with Crippen molar-refractivity contribution in [3.63, 3.8) is 0 Å². The first-order valence-electron chi connectivity index (χ1n) is 4.82. The summed E-state index contributed by atoms with van der Waals surface area (Å²) in [4.78, 5) is 11.2. The Kier molecular flexibility index (Phi) is 4.99. The van der Waals surface area contributed by atoms with Crippen molar-refractivity contribution in [2.24, 2.45) is 5.73 Å². The van der Waals surface area contributed by atoms with Crippen LogP contribution in [0.4, 0.5) is 0 Å². The molecule has 0 aliphatic carbocycles. The maximum Gasteiger partial charge on any atom is 0.306 e. The minimum Gasteiger partial charge on any atom is -0.460 e. The molecule has 3 heteroatoms. The van der Waals surface area contributed by atoms with E-state index in [2.05, 4.69) is 0 Å². The van der Waals surface area contributed by atoms with Crippen molar-refractivity contribution in [1.82, 2.24) is 0 Å². The Hall–Kier alpha value is -0.570. The van der Waals surface area contributed by atoms with E-state index >= 15 is 0 Å². The molecule has 0 unspecified atom stereocenters. The molecule has 0 fully saturated rings. The van der Waals surface area contributed by atoms with E-state index in [1.807, 2.05) is 27.7 Å². The number of carbonyl (C=O) groups excluding carboxylic acids is 1. The third-order valence-electron chi connectivity index (χ3n) is 1.66. The molecular weight excluding hydrogens is 166 g/mol. The molecule has 0 saturated carbocycles. The largest absolute Gasteiger partial charge is 0.460 e. The Balaban J connectivity index is 3.64. The van der Waals surface area contributed by atoms with Crippen LogP contribution in [0, 0.1) is 0 Å². The zero-order valence-electron chi connectivity index (χ0n) is 9.09. The molecule has 0 aliphatic rings. The second-order valence-corrected chi connectivity index (χ2v) is 4.29. The third-order valence-corrected chi connectivity index (χ3v) is 1.66. The van der Waals surface area contributed by atoms with Crippen molar-refractivity contribution in [3.8, 4) is 0 Å². The summed E-state index contributed by atoms with van der Waals surface area (Å²) in [5, 5.41) is 0. The molecule has 0 rings (SSSR count). The van der Waals surface area contributed by atoms with Crippen LogP contribution in [-0.2, 0) is 9.53 Å². The van der Waals surface area contributed by atoms with Gasteiger partial charge in [-0.05, 0) is 33.6 Å².